The lowest BCUT2D eigenvalue weighted by Gasteiger charge is -2.23. The monoisotopic (exact) mass is 393 g/mol. The Labute approximate surface area is 168 Å². The third-order valence-corrected chi connectivity index (χ3v) is 4.33. The Kier molecular flexibility index (Phi) is 5.43. The number of carbonyl (C=O) groups is 1. The van der Waals surface area contributed by atoms with Crippen LogP contribution in [0.1, 0.15) is 37.5 Å². The quantitative estimate of drug-likeness (QED) is 0.843. The smallest absolute Gasteiger partial charge is 0.408 e. The first-order valence-corrected chi connectivity index (χ1v) is 9.08. The van der Waals surface area contributed by atoms with E-state index in [1.54, 1.807) is 45.0 Å². The minimum atomic E-state index is -0.952. The van der Waals surface area contributed by atoms with Crippen molar-refractivity contribution in [2.75, 3.05) is 0 Å². The SMILES string of the molecule is CC(C)(C)OC(=O)N[C@H](C#N)Cc1cc2c(cc1F)-c1ccc(C#N)cc1CO2. The van der Waals surface area contributed by atoms with Crippen molar-refractivity contribution in [3.8, 4) is 29.0 Å². The minimum absolute atomic E-state index is 0.0293. The molecular formula is C22H20FN3O3. The van der Waals surface area contributed by atoms with E-state index in [2.05, 4.69) is 11.4 Å². The molecule has 0 unspecified atom stereocenters. The van der Waals surface area contributed by atoms with E-state index in [4.69, 9.17) is 14.7 Å². The summed E-state index contributed by atoms with van der Waals surface area (Å²) in [7, 11) is 0. The number of ether oxygens (including phenoxy) is 2. The van der Waals surface area contributed by atoms with Crippen LogP contribution < -0.4 is 10.1 Å². The fourth-order valence-electron chi connectivity index (χ4n) is 3.08. The molecule has 0 saturated carbocycles. The van der Waals surface area contributed by atoms with Gasteiger partial charge in [0.2, 0.25) is 0 Å². The highest BCUT2D eigenvalue weighted by atomic mass is 19.1. The Hall–Kier alpha value is -3.58. The van der Waals surface area contributed by atoms with Crippen LogP contribution >= 0.6 is 0 Å². The summed E-state index contributed by atoms with van der Waals surface area (Å²) in [4.78, 5) is 11.9. The van der Waals surface area contributed by atoms with Crippen molar-refractivity contribution in [1.29, 1.82) is 10.5 Å². The predicted octanol–water partition coefficient (Wildman–Crippen LogP) is 4.22. The summed E-state index contributed by atoms with van der Waals surface area (Å²) in [5.74, 6) is -0.0108. The number of benzene rings is 2. The molecular weight excluding hydrogens is 373 g/mol. The molecule has 3 rings (SSSR count). The normalized spacial score (nSPS) is 13.0. The number of carbonyl (C=O) groups excluding carboxylic acids is 1. The van der Waals surface area contributed by atoms with Gasteiger partial charge in [0.25, 0.3) is 0 Å². The number of hydrogen-bond acceptors (Lipinski definition) is 5. The van der Waals surface area contributed by atoms with Crippen molar-refractivity contribution in [2.45, 2.75) is 45.4 Å². The Morgan fingerprint density at radius 3 is 2.69 bits per heavy atom. The van der Waals surface area contributed by atoms with Crippen LogP contribution in [0.2, 0.25) is 0 Å². The first-order valence-electron chi connectivity index (χ1n) is 9.08. The van der Waals surface area contributed by atoms with Crippen molar-refractivity contribution in [3.05, 3.63) is 52.8 Å². The molecule has 1 aliphatic rings. The number of alkyl carbamates (subject to hydrolysis) is 1. The summed E-state index contributed by atoms with van der Waals surface area (Å²) in [5, 5.41) is 20.8. The van der Waals surface area contributed by atoms with Gasteiger partial charge in [0, 0.05) is 12.0 Å². The lowest BCUT2D eigenvalue weighted by molar-refractivity contribution is 0.0515. The van der Waals surface area contributed by atoms with Crippen molar-refractivity contribution >= 4 is 6.09 Å². The van der Waals surface area contributed by atoms with Crippen LogP contribution in [0, 0.1) is 28.5 Å². The summed E-state index contributed by atoms with van der Waals surface area (Å²) in [6.07, 6.45) is -0.765. The van der Waals surface area contributed by atoms with Gasteiger partial charge in [-0.15, -0.1) is 0 Å². The predicted molar refractivity (Wildman–Crippen MR) is 103 cm³/mol. The molecule has 0 aliphatic carbocycles. The van der Waals surface area contributed by atoms with E-state index in [-0.39, 0.29) is 18.6 Å². The first kappa shape index (κ1) is 20.2. The number of hydrogen-bond donors (Lipinski definition) is 1. The van der Waals surface area contributed by atoms with Gasteiger partial charge in [-0.2, -0.15) is 10.5 Å². The molecule has 0 radical (unpaired) electrons. The molecule has 1 aliphatic heterocycles. The van der Waals surface area contributed by atoms with Crippen LogP contribution in [0.4, 0.5) is 9.18 Å². The molecule has 2 aromatic carbocycles. The molecule has 2 aromatic rings. The van der Waals surface area contributed by atoms with Crippen LogP contribution in [0.25, 0.3) is 11.1 Å². The maximum Gasteiger partial charge on any atom is 0.408 e. The molecule has 1 atom stereocenters. The van der Waals surface area contributed by atoms with E-state index < -0.39 is 23.6 Å². The number of nitrogens with one attached hydrogen (secondary N) is 1. The number of halogens is 1. The fraction of sp³-hybridized carbons (Fsp3) is 0.318. The van der Waals surface area contributed by atoms with Crippen molar-refractivity contribution in [3.63, 3.8) is 0 Å². The van der Waals surface area contributed by atoms with Crippen molar-refractivity contribution < 1.29 is 18.7 Å². The number of nitriles is 2. The standard InChI is InChI=1S/C22H20FN3O3/c1-22(2,3)29-21(27)26-16(11-25)7-14-8-20-18(9-19(14)23)17-5-4-13(10-24)6-15(17)12-28-20/h4-6,8-9,16H,7,12H2,1-3H3,(H,26,27)/t16-/m0/s1. The average molecular weight is 393 g/mol. The van der Waals surface area contributed by atoms with Gasteiger partial charge in [-0.05, 0) is 61.7 Å². The number of rotatable bonds is 3. The Bertz CT molecular complexity index is 1040. The maximum absolute atomic E-state index is 14.8. The van der Waals surface area contributed by atoms with Gasteiger partial charge >= 0.3 is 6.09 Å². The van der Waals surface area contributed by atoms with Crippen LogP contribution in [0.15, 0.2) is 30.3 Å². The minimum Gasteiger partial charge on any atom is -0.488 e. The van der Waals surface area contributed by atoms with E-state index in [0.29, 0.717) is 16.9 Å². The highest BCUT2D eigenvalue weighted by molar-refractivity contribution is 5.76. The molecule has 0 fully saturated rings. The van der Waals surface area contributed by atoms with Gasteiger partial charge in [0.15, 0.2) is 0 Å². The molecule has 0 bridgehead atoms. The molecule has 148 valence electrons. The maximum atomic E-state index is 14.8. The van der Waals surface area contributed by atoms with Gasteiger partial charge in [0.05, 0.1) is 17.7 Å². The van der Waals surface area contributed by atoms with Gasteiger partial charge in [0.1, 0.15) is 29.8 Å². The average Bonchev–Trinajstić information content (AvgIpc) is 2.66. The largest absolute Gasteiger partial charge is 0.488 e. The van der Waals surface area contributed by atoms with E-state index >= 15 is 0 Å². The molecule has 0 saturated heterocycles. The van der Waals surface area contributed by atoms with Crippen LogP contribution in [-0.4, -0.2) is 17.7 Å². The van der Waals surface area contributed by atoms with E-state index in [1.165, 1.54) is 6.07 Å². The second kappa shape index (κ2) is 7.81. The van der Waals surface area contributed by atoms with E-state index in [1.807, 2.05) is 6.07 Å². The lowest BCUT2D eigenvalue weighted by atomic mass is 9.93. The number of nitrogens with zero attached hydrogens (tertiary/aromatic N) is 2. The lowest BCUT2D eigenvalue weighted by Crippen LogP contribution is -2.39. The number of amides is 1. The van der Waals surface area contributed by atoms with Crippen molar-refractivity contribution in [2.24, 2.45) is 0 Å². The van der Waals surface area contributed by atoms with Crippen LogP contribution in [0.5, 0.6) is 5.75 Å². The molecule has 1 N–H and O–H groups in total. The summed E-state index contributed by atoms with van der Waals surface area (Å²) >= 11 is 0. The molecule has 29 heavy (non-hydrogen) atoms. The molecule has 0 spiro atoms. The van der Waals surface area contributed by atoms with Gasteiger partial charge in [-0.1, -0.05) is 6.07 Å². The zero-order valence-electron chi connectivity index (χ0n) is 16.4. The third kappa shape index (κ3) is 4.64. The molecule has 1 amide bonds. The van der Waals surface area contributed by atoms with Crippen molar-refractivity contribution in [1.82, 2.24) is 5.32 Å². The topological polar surface area (TPSA) is 95.1 Å². The van der Waals surface area contributed by atoms with Gasteiger partial charge in [-0.25, -0.2) is 9.18 Å². The van der Waals surface area contributed by atoms with E-state index in [0.717, 1.165) is 11.1 Å². The summed E-state index contributed by atoms with van der Waals surface area (Å²) in [6, 6.07) is 11.2. The Morgan fingerprint density at radius 2 is 2.03 bits per heavy atom. The molecule has 6 nitrogen and oxygen atoms in total. The second-order valence-electron chi connectivity index (χ2n) is 7.74. The highest BCUT2D eigenvalue weighted by Crippen LogP contribution is 2.39. The van der Waals surface area contributed by atoms with Gasteiger partial charge < -0.3 is 14.8 Å². The molecule has 7 heteroatoms. The summed E-state index contributed by atoms with van der Waals surface area (Å²) in [6.45, 7) is 5.41. The molecule has 1 heterocycles. The fourth-order valence-corrected chi connectivity index (χ4v) is 3.08. The van der Waals surface area contributed by atoms with Crippen LogP contribution in [-0.2, 0) is 17.8 Å². The third-order valence-electron chi connectivity index (χ3n) is 4.33. The molecule has 0 aromatic heterocycles. The zero-order chi connectivity index (χ0) is 21.2. The van der Waals surface area contributed by atoms with E-state index in [9.17, 15) is 14.4 Å². The number of fused-ring (bicyclic) bond motifs is 3. The highest BCUT2D eigenvalue weighted by Gasteiger charge is 2.24. The zero-order valence-corrected chi connectivity index (χ0v) is 16.4. The Balaban J connectivity index is 1.83. The summed E-state index contributed by atoms with van der Waals surface area (Å²) in [5.41, 5.74) is 2.27. The van der Waals surface area contributed by atoms with Gasteiger partial charge in [-0.3, -0.25) is 0 Å². The Morgan fingerprint density at radius 1 is 1.28 bits per heavy atom. The second-order valence-corrected chi connectivity index (χ2v) is 7.74. The summed E-state index contributed by atoms with van der Waals surface area (Å²) < 4.78 is 25.6. The van der Waals surface area contributed by atoms with Crippen LogP contribution in [0.3, 0.4) is 0 Å². The first-order chi connectivity index (χ1) is 13.7.